The highest BCUT2D eigenvalue weighted by Gasteiger charge is 2.27. The summed E-state index contributed by atoms with van der Waals surface area (Å²) in [5.74, 6) is -3.24. The fourth-order valence-corrected chi connectivity index (χ4v) is 3.00. The Labute approximate surface area is 174 Å². The zero-order valence-electron chi connectivity index (χ0n) is 16.9. The molecular formula is C19H18F2N8O2. The second kappa shape index (κ2) is 7.38. The van der Waals surface area contributed by atoms with Gasteiger partial charge in [-0.1, -0.05) is 0 Å². The van der Waals surface area contributed by atoms with E-state index < -0.39 is 29.6 Å². The van der Waals surface area contributed by atoms with Crippen LogP contribution in [0.5, 0.6) is 0 Å². The van der Waals surface area contributed by atoms with Crippen LogP contribution < -0.4 is 15.8 Å². The first-order valence-corrected chi connectivity index (χ1v) is 9.21. The highest BCUT2D eigenvalue weighted by Crippen LogP contribution is 2.28. The summed E-state index contributed by atoms with van der Waals surface area (Å²) in [7, 11) is 3.28. The topological polar surface area (TPSA) is 110 Å². The van der Waals surface area contributed by atoms with Crippen molar-refractivity contribution >= 4 is 34.1 Å². The SMILES string of the molecule is CN(C)c1nn(CC(=O)Nc2ccc3nccn3n2)c(=O)c2ccc(C(C)(F)F)nc12. The summed E-state index contributed by atoms with van der Waals surface area (Å²) in [5.41, 5.74) is -0.434. The normalized spacial score (nSPS) is 11.8. The Kier molecular flexibility index (Phi) is 4.84. The number of anilines is 2. The Morgan fingerprint density at radius 2 is 1.97 bits per heavy atom. The van der Waals surface area contributed by atoms with Gasteiger partial charge in [-0.25, -0.2) is 19.2 Å². The first-order chi connectivity index (χ1) is 14.6. The summed E-state index contributed by atoms with van der Waals surface area (Å²) in [4.78, 5) is 34.9. The van der Waals surface area contributed by atoms with E-state index in [-0.39, 0.29) is 22.5 Å². The Bertz CT molecular complexity index is 1360. The molecule has 10 nitrogen and oxygen atoms in total. The van der Waals surface area contributed by atoms with E-state index in [1.54, 1.807) is 38.6 Å². The van der Waals surface area contributed by atoms with Crippen LogP contribution in [0.15, 0.2) is 41.5 Å². The molecule has 0 aliphatic rings. The van der Waals surface area contributed by atoms with Crippen molar-refractivity contribution in [2.75, 3.05) is 24.3 Å². The lowest BCUT2D eigenvalue weighted by Gasteiger charge is -2.17. The van der Waals surface area contributed by atoms with Crippen LogP contribution in [0.2, 0.25) is 0 Å². The zero-order valence-corrected chi connectivity index (χ0v) is 16.9. The molecule has 0 aliphatic carbocycles. The predicted octanol–water partition coefficient (Wildman–Crippen LogP) is 1.65. The molecule has 0 aliphatic heterocycles. The van der Waals surface area contributed by atoms with Crippen molar-refractivity contribution in [1.29, 1.82) is 0 Å². The molecule has 0 bridgehead atoms. The standard InChI is InChI=1S/C19H18F2N8O2/c1-19(20,21)12-5-4-11-16(23-12)17(27(2)3)26-29(18(11)31)10-15(30)24-13-6-7-14-22-8-9-28(14)25-13/h4-9H,10H2,1-3H3,(H,24,25,30). The van der Waals surface area contributed by atoms with Crippen LogP contribution in [0.4, 0.5) is 20.4 Å². The molecule has 0 saturated heterocycles. The first-order valence-electron chi connectivity index (χ1n) is 9.21. The van der Waals surface area contributed by atoms with Crippen LogP contribution in [-0.4, -0.2) is 49.4 Å². The van der Waals surface area contributed by atoms with Gasteiger partial charge in [-0.2, -0.15) is 8.78 Å². The average molecular weight is 428 g/mol. The summed E-state index contributed by atoms with van der Waals surface area (Å²) in [6.07, 6.45) is 3.20. The van der Waals surface area contributed by atoms with Gasteiger partial charge < -0.3 is 10.2 Å². The Morgan fingerprint density at radius 3 is 2.68 bits per heavy atom. The molecule has 160 valence electrons. The molecular weight excluding hydrogens is 410 g/mol. The second-order valence-electron chi connectivity index (χ2n) is 7.16. The lowest BCUT2D eigenvalue weighted by molar-refractivity contribution is -0.117. The highest BCUT2D eigenvalue weighted by atomic mass is 19.3. The van der Waals surface area contributed by atoms with Gasteiger partial charge in [-0.15, -0.1) is 10.2 Å². The highest BCUT2D eigenvalue weighted by molar-refractivity contribution is 5.91. The largest absolute Gasteiger partial charge is 0.359 e. The third-order valence-corrected chi connectivity index (χ3v) is 4.48. The van der Waals surface area contributed by atoms with Crippen LogP contribution in [0, 0.1) is 0 Å². The lowest BCUT2D eigenvalue weighted by Crippen LogP contribution is -2.32. The van der Waals surface area contributed by atoms with Crippen LogP contribution in [0.3, 0.4) is 0 Å². The molecule has 31 heavy (non-hydrogen) atoms. The molecule has 0 unspecified atom stereocenters. The van der Waals surface area contributed by atoms with Gasteiger partial charge in [0.2, 0.25) is 5.91 Å². The number of aromatic nitrogens is 6. The molecule has 0 aromatic carbocycles. The number of halogens is 2. The van der Waals surface area contributed by atoms with Gasteiger partial charge in [0.15, 0.2) is 17.3 Å². The molecule has 1 N–H and O–H groups in total. The average Bonchev–Trinajstić information content (AvgIpc) is 3.16. The van der Waals surface area contributed by atoms with Crippen LogP contribution in [0.25, 0.3) is 16.6 Å². The summed E-state index contributed by atoms with van der Waals surface area (Å²) in [6, 6.07) is 5.63. The van der Waals surface area contributed by atoms with Gasteiger partial charge in [-0.05, 0) is 24.3 Å². The smallest absolute Gasteiger partial charge is 0.286 e. The van der Waals surface area contributed by atoms with Gasteiger partial charge >= 0.3 is 0 Å². The van der Waals surface area contributed by atoms with Crippen molar-refractivity contribution in [1.82, 2.24) is 29.4 Å². The fourth-order valence-electron chi connectivity index (χ4n) is 3.00. The number of carbonyl (C=O) groups is 1. The summed E-state index contributed by atoms with van der Waals surface area (Å²) in [6.45, 7) is 0.329. The summed E-state index contributed by atoms with van der Waals surface area (Å²) < 4.78 is 29.9. The molecule has 12 heteroatoms. The minimum atomic E-state index is -3.17. The number of alkyl halides is 2. The molecule has 0 spiro atoms. The lowest BCUT2D eigenvalue weighted by atomic mass is 10.2. The number of nitrogens with zero attached hydrogens (tertiary/aromatic N) is 7. The fraction of sp³-hybridized carbons (Fsp3) is 0.263. The molecule has 4 heterocycles. The number of fused-ring (bicyclic) bond motifs is 2. The van der Waals surface area contributed by atoms with Gasteiger partial charge in [0, 0.05) is 33.4 Å². The maximum Gasteiger partial charge on any atom is 0.286 e. The quantitative estimate of drug-likeness (QED) is 0.515. The van der Waals surface area contributed by atoms with Crippen molar-refractivity contribution < 1.29 is 13.6 Å². The van der Waals surface area contributed by atoms with E-state index in [1.807, 2.05) is 0 Å². The van der Waals surface area contributed by atoms with Crippen LogP contribution >= 0.6 is 0 Å². The molecule has 4 aromatic heterocycles. The van der Waals surface area contributed by atoms with E-state index in [0.717, 1.165) is 17.7 Å². The molecule has 0 fully saturated rings. The number of hydrogen-bond acceptors (Lipinski definition) is 7. The monoisotopic (exact) mass is 428 g/mol. The van der Waals surface area contributed by atoms with Crippen molar-refractivity contribution in [3.8, 4) is 0 Å². The van der Waals surface area contributed by atoms with Crippen LogP contribution in [0.1, 0.15) is 12.6 Å². The third-order valence-electron chi connectivity index (χ3n) is 4.48. The van der Waals surface area contributed by atoms with Crippen molar-refractivity contribution in [3.63, 3.8) is 0 Å². The van der Waals surface area contributed by atoms with Crippen LogP contribution in [-0.2, 0) is 17.3 Å². The minimum Gasteiger partial charge on any atom is -0.359 e. The van der Waals surface area contributed by atoms with E-state index >= 15 is 0 Å². The summed E-state index contributed by atoms with van der Waals surface area (Å²) in [5, 5.41) is 11.0. The van der Waals surface area contributed by atoms with Gasteiger partial charge in [0.25, 0.3) is 11.5 Å². The predicted molar refractivity (Wildman–Crippen MR) is 109 cm³/mol. The molecule has 0 atom stereocenters. The van der Waals surface area contributed by atoms with E-state index in [1.165, 1.54) is 15.5 Å². The number of carbonyl (C=O) groups excluding carboxylic acids is 1. The number of amides is 1. The van der Waals surface area contributed by atoms with E-state index in [9.17, 15) is 18.4 Å². The Hall–Kier alpha value is -3.96. The van der Waals surface area contributed by atoms with Crippen molar-refractivity contribution in [2.24, 2.45) is 0 Å². The van der Waals surface area contributed by atoms with E-state index in [4.69, 9.17) is 0 Å². The minimum absolute atomic E-state index is 0.0397. The number of pyridine rings is 1. The number of hydrogen-bond donors (Lipinski definition) is 1. The third kappa shape index (κ3) is 3.91. The number of rotatable bonds is 5. The van der Waals surface area contributed by atoms with Crippen molar-refractivity contribution in [2.45, 2.75) is 19.4 Å². The van der Waals surface area contributed by atoms with Crippen molar-refractivity contribution in [3.05, 3.63) is 52.7 Å². The zero-order chi connectivity index (χ0) is 22.3. The molecule has 4 rings (SSSR count). The van der Waals surface area contributed by atoms with E-state index in [2.05, 4.69) is 25.5 Å². The Balaban J connectivity index is 1.68. The van der Waals surface area contributed by atoms with Gasteiger partial charge in [0.05, 0.1) is 5.39 Å². The molecule has 1 amide bonds. The summed E-state index contributed by atoms with van der Waals surface area (Å²) >= 11 is 0. The first kappa shape index (κ1) is 20.3. The maximum atomic E-state index is 13.7. The molecule has 0 radical (unpaired) electrons. The number of imidazole rings is 1. The maximum absolute atomic E-state index is 13.7. The second-order valence-corrected chi connectivity index (χ2v) is 7.16. The van der Waals surface area contributed by atoms with Gasteiger partial charge in [-0.3, -0.25) is 9.59 Å². The molecule has 0 saturated carbocycles. The Morgan fingerprint density at radius 1 is 1.19 bits per heavy atom. The number of nitrogens with one attached hydrogen (secondary N) is 1. The molecule has 4 aromatic rings. The van der Waals surface area contributed by atoms with Gasteiger partial charge in [0.1, 0.15) is 17.8 Å². The van der Waals surface area contributed by atoms with E-state index in [0.29, 0.717) is 5.65 Å².